The summed E-state index contributed by atoms with van der Waals surface area (Å²) in [4.78, 5) is 26.9. The highest BCUT2D eigenvalue weighted by Gasteiger charge is 2.43. The number of hydrogen-bond acceptors (Lipinski definition) is 3. The lowest BCUT2D eigenvalue weighted by molar-refractivity contribution is -0.145. The first-order valence-corrected chi connectivity index (χ1v) is 6.48. The molecule has 3 rings (SSSR count). The van der Waals surface area contributed by atoms with Crippen molar-refractivity contribution in [1.29, 1.82) is 0 Å². The largest absolute Gasteiger partial charge is 0.336 e. The maximum absolute atomic E-state index is 12.1. The number of carbonyl (C=O) groups excluding carboxylic acids is 2. The molecule has 1 saturated heterocycles. The average molecular weight is 259 g/mol. The number of piperazine rings is 1. The van der Waals surface area contributed by atoms with Crippen molar-refractivity contribution in [1.82, 2.24) is 4.90 Å². The number of carbonyl (C=O) groups is 2. The van der Waals surface area contributed by atoms with E-state index in [-0.39, 0.29) is 5.54 Å². The molecule has 1 aliphatic heterocycles. The van der Waals surface area contributed by atoms with E-state index in [0.717, 1.165) is 24.1 Å². The molecule has 2 aliphatic rings. The van der Waals surface area contributed by atoms with Crippen LogP contribution in [0.25, 0.3) is 0 Å². The Bertz CT molecular complexity index is 551. The molecule has 100 valence electrons. The number of nitrogens with two attached hydrogens (primary N) is 1. The van der Waals surface area contributed by atoms with Crippen molar-refractivity contribution in [3.63, 3.8) is 0 Å². The smallest absolute Gasteiger partial charge is 0.316 e. The lowest BCUT2D eigenvalue weighted by atomic mass is 10.0. The maximum atomic E-state index is 12.1. The second-order valence-electron chi connectivity index (χ2n) is 5.36. The quantitative estimate of drug-likeness (QED) is 0.784. The van der Waals surface area contributed by atoms with Gasteiger partial charge in [0.05, 0.1) is 0 Å². The third-order valence-corrected chi connectivity index (χ3v) is 3.95. The lowest BCUT2D eigenvalue weighted by Gasteiger charge is -2.33. The van der Waals surface area contributed by atoms with E-state index >= 15 is 0 Å². The van der Waals surface area contributed by atoms with Gasteiger partial charge < -0.3 is 15.5 Å². The summed E-state index contributed by atoms with van der Waals surface area (Å²) in [5, 5.41) is 0. The number of nitrogens with zero attached hydrogens (tertiary/aromatic N) is 2. The van der Waals surface area contributed by atoms with Gasteiger partial charge in [-0.25, -0.2) is 0 Å². The predicted octanol–water partition coefficient (Wildman–Crippen LogP) is 0.439. The van der Waals surface area contributed by atoms with Gasteiger partial charge in [-0.15, -0.1) is 0 Å². The zero-order valence-electron chi connectivity index (χ0n) is 10.9. The fourth-order valence-electron chi connectivity index (χ4n) is 2.50. The van der Waals surface area contributed by atoms with Crippen LogP contribution in [0.2, 0.25) is 0 Å². The fourth-order valence-corrected chi connectivity index (χ4v) is 2.50. The van der Waals surface area contributed by atoms with Crippen LogP contribution in [0.5, 0.6) is 0 Å². The number of rotatable bonds is 2. The summed E-state index contributed by atoms with van der Waals surface area (Å²) >= 11 is 0. The van der Waals surface area contributed by atoms with Gasteiger partial charge in [0.1, 0.15) is 0 Å². The zero-order valence-corrected chi connectivity index (χ0v) is 10.9. The molecule has 1 heterocycles. The first-order valence-electron chi connectivity index (χ1n) is 6.48. The normalized spacial score (nSPS) is 21.8. The van der Waals surface area contributed by atoms with Gasteiger partial charge in [0.2, 0.25) is 0 Å². The highest BCUT2D eigenvalue weighted by atomic mass is 16.2. The van der Waals surface area contributed by atoms with E-state index in [1.54, 1.807) is 11.9 Å². The van der Waals surface area contributed by atoms with Crippen LogP contribution >= 0.6 is 0 Å². The molecule has 0 unspecified atom stereocenters. The Morgan fingerprint density at radius 3 is 2.47 bits per heavy atom. The van der Waals surface area contributed by atoms with Crippen molar-refractivity contribution >= 4 is 17.5 Å². The molecular weight excluding hydrogens is 242 g/mol. The predicted molar refractivity (Wildman–Crippen MR) is 71.5 cm³/mol. The second-order valence-corrected chi connectivity index (χ2v) is 5.36. The van der Waals surface area contributed by atoms with Gasteiger partial charge >= 0.3 is 11.8 Å². The van der Waals surface area contributed by atoms with Crippen molar-refractivity contribution in [2.24, 2.45) is 5.73 Å². The standard InChI is InChI=1S/C14H17N3O2/c1-16-8-9-17(13(19)12(16)18)11-5-3-2-4-10(11)14(15)6-7-14/h2-5H,6-9,15H2,1H3. The monoisotopic (exact) mass is 259 g/mol. The molecule has 5 nitrogen and oxygen atoms in total. The van der Waals surface area contributed by atoms with Crippen LogP contribution < -0.4 is 10.6 Å². The number of para-hydroxylation sites is 1. The molecule has 2 amide bonds. The third-order valence-electron chi connectivity index (χ3n) is 3.95. The van der Waals surface area contributed by atoms with Gasteiger partial charge in [0, 0.05) is 31.4 Å². The summed E-state index contributed by atoms with van der Waals surface area (Å²) in [5.74, 6) is -0.923. The first kappa shape index (κ1) is 12.2. The first-order chi connectivity index (χ1) is 9.03. The Labute approximate surface area is 112 Å². The van der Waals surface area contributed by atoms with E-state index in [2.05, 4.69) is 0 Å². The van der Waals surface area contributed by atoms with Gasteiger partial charge in [0.25, 0.3) is 0 Å². The molecule has 1 aromatic rings. The minimum Gasteiger partial charge on any atom is -0.336 e. The molecule has 1 aliphatic carbocycles. The fraction of sp³-hybridized carbons (Fsp3) is 0.429. The Kier molecular flexibility index (Phi) is 2.60. The molecular formula is C14H17N3O2. The maximum Gasteiger partial charge on any atom is 0.316 e. The molecule has 2 N–H and O–H groups in total. The average Bonchev–Trinajstić information content (AvgIpc) is 3.16. The molecule has 1 aromatic carbocycles. The molecule has 0 bridgehead atoms. The van der Waals surface area contributed by atoms with Crippen molar-refractivity contribution in [2.45, 2.75) is 18.4 Å². The number of hydrogen-bond donors (Lipinski definition) is 1. The summed E-state index contributed by atoms with van der Waals surface area (Å²) in [7, 11) is 1.65. The molecule has 0 aromatic heterocycles. The minimum absolute atomic E-state index is 0.316. The highest BCUT2D eigenvalue weighted by molar-refractivity contribution is 6.41. The molecule has 2 fully saturated rings. The Morgan fingerprint density at radius 2 is 1.79 bits per heavy atom. The van der Waals surface area contributed by atoms with Crippen LogP contribution in [0.15, 0.2) is 24.3 Å². The van der Waals surface area contributed by atoms with Crippen LogP contribution in [0.3, 0.4) is 0 Å². The SMILES string of the molecule is CN1CCN(c2ccccc2C2(N)CC2)C(=O)C1=O. The third kappa shape index (κ3) is 1.90. The van der Waals surface area contributed by atoms with E-state index in [4.69, 9.17) is 5.73 Å². The summed E-state index contributed by atoms with van der Waals surface area (Å²) in [6, 6.07) is 7.63. The number of benzene rings is 1. The van der Waals surface area contributed by atoms with E-state index in [9.17, 15) is 9.59 Å². The highest BCUT2D eigenvalue weighted by Crippen LogP contribution is 2.46. The number of likely N-dealkylation sites (N-methyl/N-ethyl adjacent to an activating group) is 1. The summed E-state index contributed by atoms with van der Waals surface area (Å²) in [6.07, 6.45) is 1.86. The Balaban J connectivity index is 1.99. The van der Waals surface area contributed by atoms with Crippen LogP contribution in [0, 0.1) is 0 Å². The lowest BCUT2D eigenvalue weighted by Crippen LogP contribution is -2.53. The number of amides is 2. The van der Waals surface area contributed by atoms with Gasteiger partial charge in [-0.1, -0.05) is 18.2 Å². The van der Waals surface area contributed by atoms with Crippen LogP contribution in [0.4, 0.5) is 5.69 Å². The number of anilines is 1. The Morgan fingerprint density at radius 1 is 1.11 bits per heavy atom. The second kappa shape index (κ2) is 4.06. The van der Waals surface area contributed by atoms with E-state index < -0.39 is 11.8 Å². The molecule has 5 heteroatoms. The van der Waals surface area contributed by atoms with Crippen LogP contribution in [-0.4, -0.2) is 36.9 Å². The van der Waals surface area contributed by atoms with Crippen molar-refractivity contribution < 1.29 is 9.59 Å². The molecule has 0 spiro atoms. The topological polar surface area (TPSA) is 66.6 Å². The minimum atomic E-state index is -0.467. The molecule has 19 heavy (non-hydrogen) atoms. The van der Waals surface area contributed by atoms with E-state index in [1.165, 1.54) is 4.90 Å². The Hall–Kier alpha value is -1.88. The van der Waals surface area contributed by atoms with E-state index in [1.807, 2.05) is 24.3 Å². The molecule has 0 atom stereocenters. The van der Waals surface area contributed by atoms with E-state index in [0.29, 0.717) is 13.1 Å². The van der Waals surface area contributed by atoms with Gasteiger partial charge in [0.15, 0.2) is 0 Å². The molecule has 0 radical (unpaired) electrons. The van der Waals surface area contributed by atoms with Gasteiger partial charge in [-0.3, -0.25) is 9.59 Å². The van der Waals surface area contributed by atoms with Crippen molar-refractivity contribution in [2.75, 3.05) is 25.0 Å². The van der Waals surface area contributed by atoms with Crippen molar-refractivity contribution in [3.8, 4) is 0 Å². The van der Waals surface area contributed by atoms with Gasteiger partial charge in [-0.05, 0) is 24.5 Å². The van der Waals surface area contributed by atoms with Gasteiger partial charge in [-0.2, -0.15) is 0 Å². The zero-order chi connectivity index (χ0) is 13.6. The summed E-state index contributed by atoms with van der Waals surface area (Å²) in [6.45, 7) is 1.07. The summed E-state index contributed by atoms with van der Waals surface area (Å²) < 4.78 is 0. The van der Waals surface area contributed by atoms with Crippen molar-refractivity contribution in [3.05, 3.63) is 29.8 Å². The molecule has 1 saturated carbocycles. The van der Waals surface area contributed by atoms with Crippen LogP contribution in [-0.2, 0) is 15.1 Å². The summed E-state index contributed by atoms with van der Waals surface area (Å²) in [5.41, 5.74) is 7.69. The van der Waals surface area contributed by atoms with Crippen LogP contribution in [0.1, 0.15) is 18.4 Å².